The molecule has 2 N–H and O–H groups in total. The summed E-state index contributed by atoms with van der Waals surface area (Å²) in [7, 11) is 0. The summed E-state index contributed by atoms with van der Waals surface area (Å²) >= 11 is 0. The fourth-order valence-electron chi connectivity index (χ4n) is 2.11. The predicted molar refractivity (Wildman–Crippen MR) is 80.5 cm³/mol. The average molecular weight is 271 g/mol. The minimum atomic E-state index is -1.07. The highest BCUT2D eigenvalue weighted by molar-refractivity contribution is 5.22. The smallest absolute Gasteiger partial charge is 0.139 e. The van der Waals surface area contributed by atoms with E-state index in [1.807, 2.05) is 67.6 Å². The lowest BCUT2D eigenvalue weighted by molar-refractivity contribution is 0.00402. The number of ether oxygens (including phenoxy) is 1. The Labute approximate surface area is 120 Å². The van der Waals surface area contributed by atoms with Crippen molar-refractivity contribution in [2.45, 2.75) is 25.6 Å². The summed E-state index contributed by atoms with van der Waals surface area (Å²) in [6, 6.07) is 19.2. The van der Waals surface area contributed by atoms with E-state index < -0.39 is 5.72 Å². The van der Waals surface area contributed by atoms with Crippen molar-refractivity contribution in [1.29, 1.82) is 0 Å². The molecule has 0 spiro atoms. The zero-order valence-corrected chi connectivity index (χ0v) is 11.9. The molecule has 0 aliphatic carbocycles. The van der Waals surface area contributed by atoms with E-state index in [4.69, 9.17) is 4.74 Å². The third kappa shape index (κ3) is 4.08. The number of hydrogen-bond donors (Lipinski definition) is 2. The Morgan fingerprint density at radius 3 is 2.20 bits per heavy atom. The Morgan fingerprint density at radius 2 is 1.60 bits per heavy atom. The number of aliphatic hydroxyl groups is 1. The van der Waals surface area contributed by atoms with Crippen molar-refractivity contribution < 1.29 is 9.84 Å². The van der Waals surface area contributed by atoms with Gasteiger partial charge in [-0.15, -0.1) is 0 Å². The van der Waals surface area contributed by atoms with E-state index in [-0.39, 0.29) is 6.04 Å². The van der Waals surface area contributed by atoms with Crippen LogP contribution in [0.3, 0.4) is 0 Å². The molecule has 0 aliphatic heterocycles. The number of para-hydroxylation sites is 1. The lowest BCUT2D eigenvalue weighted by Gasteiger charge is -2.29. The molecule has 0 amide bonds. The summed E-state index contributed by atoms with van der Waals surface area (Å²) in [6.45, 7) is 4.23. The van der Waals surface area contributed by atoms with E-state index in [1.54, 1.807) is 6.92 Å². The normalized spacial score (nSPS) is 15.3. The first-order chi connectivity index (χ1) is 9.58. The molecule has 0 saturated heterocycles. The van der Waals surface area contributed by atoms with Crippen LogP contribution in [-0.4, -0.2) is 17.8 Å². The third-order valence-corrected chi connectivity index (χ3v) is 3.11. The van der Waals surface area contributed by atoms with Gasteiger partial charge in [0.2, 0.25) is 0 Å². The molecule has 2 unspecified atom stereocenters. The minimum absolute atomic E-state index is 0.0189. The van der Waals surface area contributed by atoms with E-state index in [0.717, 1.165) is 11.3 Å². The van der Waals surface area contributed by atoms with E-state index >= 15 is 0 Å². The van der Waals surface area contributed by atoms with Crippen LogP contribution in [0.1, 0.15) is 19.4 Å². The summed E-state index contributed by atoms with van der Waals surface area (Å²) < 4.78 is 5.68. The first-order valence-electron chi connectivity index (χ1n) is 6.81. The maximum Gasteiger partial charge on any atom is 0.139 e. The van der Waals surface area contributed by atoms with Crippen LogP contribution in [0.4, 0.5) is 0 Å². The van der Waals surface area contributed by atoms with Crippen LogP contribution in [0.5, 0.6) is 5.75 Å². The Kier molecular flexibility index (Phi) is 4.77. The second-order valence-corrected chi connectivity index (χ2v) is 5.11. The molecule has 2 atom stereocenters. The van der Waals surface area contributed by atoms with E-state index in [2.05, 4.69) is 5.32 Å². The highest BCUT2D eigenvalue weighted by Crippen LogP contribution is 2.18. The summed E-state index contributed by atoms with van der Waals surface area (Å²) in [5.41, 5.74) is -0.229. The van der Waals surface area contributed by atoms with Crippen molar-refractivity contribution in [1.82, 2.24) is 5.32 Å². The summed E-state index contributed by atoms with van der Waals surface area (Å²) in [6.07, 6.45) is 0. The monoisotopic (exact) mass is 271 g/mol. The topological polar surface area (TPSA) is 41.5 Å². The zero-order chi connectivity index (χ0) is 14.4. The van der Waals surface area contributed by atoms with Crippen LogP contribution >= 0.6 is 0 Å². The molecule has 0 radical (unpaired) electrons. The van der Waals surface area contributed by atoms with Gasteiger partial charge >= 0.3 is 0 Å². The van der Waals surface area contributed by atoms with Crippen LogP contribution < -0.4 is 10.1 Å². The highest BCUT2D eigenvalue weighted by atomic mass is 16.5. The molecular weight excluding hydrogens is 250 g/mol. The highest BCUT2D eigenvalue weighted by Gasteiger charge is 2.24. The van der Waals surface area contributed by atoms with Crippen LogP contribution in [0.25, 0.3) is 0 Å². The summed E-state index contributed by atoms with van der Waals surface area (Å²) in [5, 5.41) is 13.7. The quantitative estimate of drug-likeness (QED) is 0.794. The van der Waals surface area contributed by atoms with Gasteiger partial charge in [-0.25, -0.2) is 0 Å². The van der Waals surface area contributed by atoms with Crippen LogP contribution in [0.15, 0.2) is 60.7 Å². The van der Waals surface area contributed by atoms with Crippen LogP contribution in [0, 0.1) is 0 Å². The first-order valence-corrected chi connectivity index (χ1v) is 6.81. The molecule has 106 valence electrons. The molecule has 20 heavy (non-hydrogen) atoms. The molecule has 2 rings (SSSR count). The largest absolute Gasteiger partial charge is 0.492 e. The van der Waals surface area contributed by atoms with Gasteiger partial charge in [0, 0.05) is 6.04 Å². The predicted octanol–water partition coefficient (Wildman–Crippen LogP) is 2.91. The van der Waals surface area contributed by atoms with Gasteiger partial charge in [-0.1, -0.05) is 48.5 Å². The van der Waals surface area contributed by atoms with Gasteiger partial charge in [0.1, 0.15) is 18.1 Å². The van der Waals surface area contributed by atoms with Gasteiger partial charge in [-0.3, -0.25) is 5.32 Å². The van der Waals surface area contributed by atoms with Crippen LogP contribution in [0.2, 0.25) is 0 Å². The second kappa shape index (κ2) is 6.55. The summed E-state index contributed by atoms with van der Waals surface area (Å²) in [5.74, 6) is 0.834. The number of hydrogen-bond acceptors (Lipinski definition) is 3. The van der Waals surface area contributed by atoms with Crippen LogP contribution in [-0.2, 0) is 5.72 Å². The van der Waals surface area contributed by atoms with Gasteiger partial charge < -0.3 is 9.84 Å². The van der Waals surface area contributed by atoms with E-state index in [9.17, 15) is 5.11 Å². The lowest BCUT2D eigenvalue weighted by Crippen LogP contribution is -2.46. The van der Waals surface area contributed by atoms with Gasteiger partial charge in [-0.2, -0.15) is 0 Å². The fraction of sp³-hybridized carbons (Fsp3) is 0.294. The second-order valence-electron chi connectivity index (χ2n) is 5.11. The molecule has 0 fully saturated rings. The molecule has 2 aromatic carbocycles. The molecule has 0 bridgehead atoms. The maximum atomic E-state index is 10.5. The van der Waals surface area contributed by atoms with Crippen molar-refractivity contribution in [3.8, 4) is 5.75 Å². The average Bonchev–Trinajstić information content (AvgIpc) is 2.47. The summed E-state index contributed by atoms with van der Waals surface area (Å²) in [4.78, 5) is 0. The molecule has 2 aromatic rings. The first kappa shape index (κ1) is 14.6. The SMILES string of the molecule is CC(COc1ccccc1)NC(C)(O)c1ccccc1. The fourth-order valence-corrected chi connectivity index (χ4v) is 2.11. The van der Waals surface area contributed by atoms with E-state index in [0.29, 0.717) is 6.61 Å². The maximum absolute atomic E-state index is 10.5. The Balaban J connectivity index is 1.89. The van der Waals surface area contributed by atoms with Crippen molar-refractivity contribution >= 4 is 0 Å². The lowest BCUT2D eigenvalue weighted by atomic mass is 10.0. The van der Waals surface area contributed by atoms with Crippen molar-refractivity contribution in [2.24, 2.45) is 0 Å². The molecular formula is C17H21NO2. The Bertz CT molecular complexity index is 511. The van der Waals surface area contributed by atoms with Gasteiger partial charge in [-0.05, 0) is 31.5 Å². The van der Waals surface area contributed by atoms with Gasteiger partial charge in [0.05, 0.1) is 0 Å². The van der Waals surface area contributed by atoms with Gasteiger partial charge in [0.15, 0.2) is 0 Å². The Morgan fingerprint density at radius 1 is 1.05 bits per heavy atom. The van der Waals surface area contributed by atoms with Gasteiger partial charge in [0.25, 0.3) is 0 Å². The number of nitrogens with one attached hydrogen (secondary N) is 1. The Hall–Kier alpha value is -1.84. The van der Waals surface area contributed by atoms with Crippen molar-refractivity contribution in [3.05, 3.63) is 66.2 Å². The molecule has 0 heterocycles. The van der Waals surface area contributed by atoms with Crippen molar-refractivity contribution in [2.75, 3.05) is 6.61 Å². The molecule has 3 heteroatoms. The third-order valence-electron chi connectivity index (χ3n) is 3.11. The molecule has 0 saturated carbocycles. The standard InChI is InChI=1S/C17H21NO2/c1-14(13-20-16-11-7-4-8-12-16)18-17(2,19)15-9-5-3-6-10-15/h3-12,14,18-19H,13H2,1-2H3. The zero-order valence-electron chi connectivity index (χ0n) is 11.9. The molecule has 0 aliphatic rings. The molecule has 0 aromatic heterocycles. The van der Waals surface area contributed by atoms with E-state index in [1.165, 1.54) is 0 Å². The number of benzene rings is 2. The molecule has 3 nitrogen and oxygen atoms in total. The van der Waals surface area contributed by atoms with Crippen molar-refractivity contribution in [3.63, 3.8) is 0 Å². The number of rotatable bonds is 6. The minimum Gasteiger partial charge on any atom is -0.492 e.